The van der Waals surface area contributed by atoms with Crippen LogP contribution in [0.5, 0.6) is 0 Å². The van der Waals surface area contributed by atoms with Gasteiger partial charge in [0.05, 0.1) is 11.3 Å². The van der Waals surface area contributed by atoms with E-state index < -0.39 is 30.2 Å². The number of benzene rings is 1. The van der Waals surface area contributed by atoms with Crippen molar-refractivity contribution >= 4 is 45.8 Å². The molecule has 0 unspecified atom stereocenters. The third-order valence-electron chi connectivity index (χ3n) is 4.51. The summed E-state index contributed by atoms with van der Waals surface area (Å²) in [5, 5.41) is 14.6. The van der Waals surface area contributed by atoms with Crippen molar-refractivity contribution in [2.75, 3.05) is 23.0 Å². The number of anilines is 2. The molecule has 0 saturated heterocycles. The minimum atomic E-state index is -4.45. The molecule has 1 aromatic heterocycles. The Hall–Kier alpha value is -2.34. The topological polar surface area (TPSA) is 93.2 Å². The largest absolute Gasteiger partial charge is 0.455 e. The van der Waals surface area contributed by atoms with E-state index in [1.54, 1.807) is 0 Å². The molecule has 1 amide bonds. The molecule has 0 bridgehead atoms. The molecule has 1 aromatic carbocycles. The first kappa shape index (κ1) is 23.3. The van der Waals surface area contributed by atoms with Crippen LogP contribution in [-0.4, -0.2) is 40.5 Å². The molecule has 0 radical (unpaired) electrons. The summed E-state index contributed by atoms with van der Waals surface area (Å²) in [6.07, 6.45) is 1.45. The third kappa shape index (κ3) is 7.69. The molecule has 3 rings (SSSR count). The Balaban J connectivity index is 1.35. The van der Waals surface area contributed by atoms with Crippen LogP contribution in [-0.2, 0) is 20.5 Å². The lowest BCUT2D eigenvalue weighted by molar-refractivity contribution is -0.144. The Labute approximate surface area is 185 Å². The molecule has 1 aliphatic rings. The summed E-state index contributed by atoms with van der Waals surface area (Å²) in [5.74, 6) is -1.29. The van der Waals surface area contributed by atoms with Gasteiger partial charge in [-0.2, -0.15) is 13.2 Å². The summed E-state index contributed by atoms with van der Waals surface area (Å²) < 4.78 is 43.1. The van der Waals surface area contributed by atoms with Gasteiger partial charge >= 0.3 is 12.1 Å². The average molecular weight is 475 g/mol. The summed E-state index contributed by atoms with van der Waals surface area (Å²) in [4.78, 5) is 23.7. The Bertz CT molecular complexity index is 884. The van der Waals surface area contributed by atoms with Crippen LogP contribution < -0.4 is 10.6 Å². The smallest absolute Gasteiger partial charge is 0.416 e. The highest BCUT2D eigenvalue weighted by atomic mass is 32.2. The van der Waals surface area contributed by atoms with Crippen LogP contribution >= 0.6 is 23.1 Å². The summed E-state index contributed by atoms with van der Waals surface area (Å²) >= 11 is 2.52. The van der Waals surface area contributed by atoms with Crippen LogP contribution in [0, 0.1) is 0 Å². The van der Waals surface area contributed by atoms with Crippen LogP contribution in [0.2, 0.25) is 0 Å². The Morgan fingerprint density at radius 1 is 1.13 bits per heavy atom. The zero-order chi connectivity index (χ0) is 22.3. The molecular weight excluding hydrogens is 453 g/mol. The molecule has 168 valence electrons. The first-order valence-corrected chi connectivity index (χ1v) is 11.5. The molecule has 31 heavy (non-hydrogen) atoms. The van der Waals surface area contributed by atoms with E-state index in [2.05, 4.69) is 20.8 Å². The number of carbonyl (C=O) groups is 2. The van der Waals surface area contributed by atoms with Gasteiger partial charge < -0.3 is 15.4 Å². The van der Waals surface area contributed by atoms with Gasteiger partial charge in [-0.3, -0.25) is 9.59 Å². The number of alkyl halides is 3. The van der Waals surface area contributed by atoms with Gasteiger partial charge in [-0.05, 0) is 37.1 Å². The van der Waals surface area contributed by atoms with Crippen LogP contribution in [0.3, 0.4) is 0 Å². The lowest BCUT2D eigenvalue weighted by Gasteiger charge is -2.21. The molecule has 2 aromatic rings. The van der Waals surface area contributed by atoms with E-state index in [9.17, 15) is 22.8 Å². The van der Waals surface area contributed by atoms with Crippen molar-refractivity contribution < 1.29 is 27.5 Å². The number of hydrogen-bond acceptors (Lipinski definition) is 8. The van der Waals surface area contributed by atoms with E-state index in [1.165, 1.54) is 30.6 Å². The average Bonchev–Trinajstić information content (AvgIpc) is 3.18. The quantitative estimate of drug-likeness (QED) is 0.427. The number of halogens is 3. The van der Waals surface area contributed by atoms with Gasteiger partial charge in [0, 0.05) is 11.7 Å². The zero-order valence-electron chi connectivity index (χ0n) is 16.4. The molecule has 1 fully saturated rings. The fourth-order valence-corrected chi connectivity index (χ4v) is 4.62. The second kappa shape index (κ2) is 10.8. The molecule has 0 spiro atoms. The van der Waals surface area contributed by atoms with Gasteiger partial charge in [0.25, 0.3) is 5.91 Å². The highest BCUT2D eigenvalue weighted by Crippen LogP contribution is 2.30. The van der Waals surface area contributed by atoms with Crippen molar-refractivity contribution in [1.29, 1.82) is 0 Å². The van der Waals surface area contributed by atoms with Gasteiger partial charge in [-0.1, -0.05) is 42.4 Å². The maximum absolute atomic E-state index is 12.5. The van der Waals surface area contributed by atoms with E-state index in [1.807, 2.05) is 0 Å². The lowest BCUT2D eigenvalue weighted by Crippen LogP contribution is -2.21. The number of esters is 1. The van der Waals surface area contributed by atoms with E-state index >= 15 is 0 Å². The molecular formula is C19H21F3N4O3S2. The molecule has 1 saturated carbocycles. The number of nitrogens with zero attached hydrogens (tertiary/aromatic N) is 2. The number of hydrogen-bond donors (Lipinski definition) is 2. The van der Waals surface area contributed by atoms with Gasteiger partial charge in [-0.25, -0.2) is 0 Å². The number of aromatic nitrogens is 2. The van der Waals surface area contributed by atoms with Crippen LogP contribution in [0.15, 0.2) is 28.6 Å². The first-order valence-electron chi connectivity index (χ1n) is 9.65. The van der Waals surface area contributed by atoms with Crippen molar-refractivity contribution in [3.63, 3.8) is 0 Å². The molecule has 1 aliphatic carbocycles. The Kier molecular flexibility index (Phi) is 8.13. The van der Waals surface area contributed by atoms with Crippen molar-refractivity contribution in [3.05, 3.63) is 29.8 Å². The number of thioether (sulfide) groups is 1. The van der Waals surface area contributed by atoms with Crippen LogP contribution in [0.4, 0.5) is 24.0 Å². The van der Waals surface area contributed by atoms with E-state index in [0.717, 1.165) is 54.0 Å². The predicted octanol–water partition coefficient (Wildman–Crippen LogP) is 4.58. The van der Waals surface area contributed by atoms with Crippen molar-refractivity contribution in [1.82, 2.24) is 10.2 Å². The van der Waals surface area contributed by atoms with Gasteiger partial charge in [0.2, 0.25) is 5.13 Å². The standard InChI is InChI=1S/C19H21F3N4O3S2/c20-19(21,22)12-6-8-14(9-7-12)23-15(27)10-29-16(28)11-30-18-26-25-17(31-18)24-13-4-2-1-3-5-13/h6-9,13H,1-5,10-11H2,(H,23,27)(H,24,25). The normalized spacial score (nSPS) is 14.8. The molecule has 0 atom stereocenters. The van der Waals surface area contributed by atoms with E-state index in [-0.39, 0.29) is 11.4 Å². The van der Waals surface area contributed by atoms with Crippen molar-refractivity contribution in [2.24, 2.45) is 0 Å². The van der Waals surface area contributed by atoms with Gasteiger partial charge in [-0.15, -0.1) is 10.2 Å². The third-order valence-corrected chi connectivity index (χ3v) is 6.47. The predicted molar refractivity (Wildman–Crippen MR) is 112 cm³/mol. The zero-order valence-corrected chi connectivity index (χ0v) is 18.0. The summed E-state index contributed by atoms with van der Waals surface area (Å²) in [5.41, 5.74) is -0.641. The monoisotopic (exact) mass is 474 g/mol. The first-order chi connectivity index (χ1) is 14.8. The van der Waals surface area contributed by atoms with E-state index in [4.69, 9.17) is 4.74 Å². The fraction of sp³-hybridized carbons (Fsp3) is 0.474. The van der Waals surface area contributed by atoms with Crippen molar-refractivity contribution in [2.45, 2.75) is 48.7 Å². The summed E-state index contributed by atoms with van der Waals surface area (Å²) in [6, 6.07) is 4.39. The van der Waals surface area contributed by atoms with Crippen molar-refractivity contribution in [3.8, 4) is 0 Å². The SMILES string of the molecule is O=C(COC(=O)CSc1nnc(NC2CCCCC2)s1)Nc1ccc(C(F)(F)F)cc1. The number of amides is 1. The second-order valence-electron chi connectivity index (χ2n) is 6.93. The van der Waals surface area contributed by atoms with Gasteiger partial charge in [0.15, 0.2) is 10.9 Å². The van der Waals surface area contributed by atoms with Gasteiger partial charge in [0.1, 0.15) is 0 Å². The molecule has 2 N–H and O–H groups in total. The highest BCUT2D eigenvalue weighted by Gasteiger charge is 2.30. The number of carbonyl (C=O) groups excluding carboxylic acids is 2. The summed E-state index contributed by atoms with van der Waals surface area (Å²) in [6.45, 7) is -0.537. The lowest BCUT2D eigenvalue weighted by atomic mass is 9.96. The maximum atomic E-state index is 12.5. The minimum Gasteiger partial charge on any atom is -0.455 e. The Morgan fingerprint density at radius 3 is 2.52 bits per heavy atom. The number of nitrogens with one attached hydrogen (secondary N) is 2. The fourth-order valence-electron chi connectivity index (χ4n) is 3.00. The highest BCUT2D eigenvalue weighted by molar-refractivity contribution is 8.01. The van der Waals surface area contributed by atoms with Crippen LogP contribution in [0.1, 0.15) is 37.7 Å². The summed E-state index contributed by atoms with van der Waals surface area (Å²) in [7, 11) is 0. The maximum Gasteiger partial charge on any atom is 0.416 e. The molecule has 12 heteroatoms. The number of rotatable bonds is 8. The molecule has 0 aliphatic heterocycles. The molecule has 7 nitrogen and oxygen atoms in total. The second-order valence-corrected chi connectivity index (χ2v) is 9.13. The molecule has 1 heterocycles. The Morgan fingerprint density at radius 2 is 1.84 bits per heavy atom. The van der Waals surface area contributed by atoms with Crippen LogP contribution in [0.25, 0.3) is 0 Å². The van der Waals surface area contributed by atoms with E-state index in [0.29, 0.717) is 10.4 Å². The number of ether oxygens (including phenoxy) is 1. The minimum absolute atomic E-state index is 0.0361.